The first-order valence-electron chi connectivity index (χ1n) is 4.19. The summed E-state index contributed by atoms with van der Waals surface area (Å²) in [5.41, 5.74) is 1.63. The van der Waals surface area contributed by atoms with E-state index in [4.69, 9.17) is 0 Å². The maximum Gasteiger partial charge on any atom is 0.161 e. The summed E-state index contributed by atoms with van der Waals surface area (Å²) in [7, 11) is 0. The fraction of sp³-hybridized carbons (Fsp3) is 0.300. The smallest absolute Gasteiger partial charge is 0.161 e. The molecule has 0 fully saturated rings. The second-order valence-electron chi connectivity index (χ2n) is 2.78. The van der Waals surface area contributed by atoms with E-state index in [1.165, 1.54) is 0 Å². The van der Waals surface area contributed by atoms with Crippen LogP contribution >= 0.6 is 15.9 Å². The minimum Gasteiger partial charge on any atom is -0.385 e. The van der Waals surface area contributed by atoms with Crippen LogP contribution in [-0.2, 0) is 0 Å². The number of Topliss-reactive ketones (excluding diaryl/α,β-unsaturated/α-hetero) is 1. The number of nitrogens with one attached hydrogen (secondary N) is 1. The summed E-state index contributed by atoms with van der Waals surface area (Å²) in [6.07, 6.45) is 0. The summed E-state index contributed by atoms with van der Waals surface area (Å²) in [5.74, 6) is 0.0808. The SMILES string of the molecule is CCNc1ccc(Br)cc1C(C)=O. The summed E-state index contributed by atoms with van der Waals surface area (Å²) in [6.45, 7) is 4.40. The Balaban J connectivity index is 3.10. The van der Waals surface area contributed by atoms with Crippen molar-refractivity contribution >= 4 is 27.4 Å². The lowest BCUT2D eigenvalue weighted by atomic mass is 10.1. The molecular weight excluding hydrogens is 230 g/mol. The molecule has 0 amide bonds. The van der Waals surface area contributed by atoms with E-state index in [0.29, 0.717) is 0 Å². The van der Waals surface area contributed by atoms with Crippen molar-refractivity contribution < 1.29 is 4.79 Å². The van der Waals surface area contributed by atoms with Gasteiger partial charge in [0, 0.05) is 22.3 Å². The molecule has 1 N–H and O–H groups in total. The Morgan fingerprint density at radius 1 is 1.54 bits per heavy atom. The monoisotopic (exact) mass is 241 g/mol. The molecule has 0 radical (unpaired) electrons. The van der Waals surface area contributed by atoms with Crippen LogP contribution in [0, 0.1) is 0 Å². The van der Waals surface area contributed by atoms with Gasteiger partial charge in [-0.05, 0) is 32.0 Å². The van der Waals surface area contributed by atoms with Gasteiger partial charge >= 0.3 is 0 Å². The van der Waals surface area contributed by atoms with Crippen LogP contribution < -0.4 is 5.32 Å². The lowest BCUT2D eigenvalue weighted by Gasteiger charge is -2.08. The van der Waals surface area contributed by atoms with Crippen molar-refractivity contribution in [1.82, 2.24) is 0 Å². The molecule has 0 aromatic heterocycles. The molecule has 0 aliphatic heterocycles. The van der Waals surface area contributed by atoms with Gasteiger partial charge in [-0.2, -0.15) is 0 Å². The fourth-order valence-corrected chi connectivity index (χ4v) is 1.51. The summed E-state index contributed by atoms with van der Waals surface area (Å²) >= 11 is 3.34. The topological polar surface area (TPSA) is 29.1 Å². The number of ketones is 1. The van der Waals surface area contributed by atoms with Gasteiger partial charge < -0.3 is 5.32 Å². The van der Waals surface area contributed by atoms with Gasteiger partial charge in [-0.15, -0.1) is 0 Å². The van der Waals surface area contributed by atoms with Crippen molar-refractivity contribution in [2.75, 3.05) is 11.9 Å². The van der Waals surface area contributed by atoms with Gasteiger partial charge in [0.05, 0.1) is 0 Å². The zero-order chi connectivity index (χ0) is 9.84. The van der Waals surface area contributed by atoms with Gasteiger partial charge in [0.15, 0.2) is 5.78 Å². The molecule has 0 saturated heterocycles. The largest absolute Gasteiger partial charge is 0.385 e. The maximum atomic E-state index is 11.2. The predicted octanol–water partition coefficient (Wildman–Crippen LogP) is 3.08. The maximum absolute atomic E-state index is 11.2. The second-order valence-corrected chi connectivity index (χ2v) is 3.69. The number of carbonyl (C=O) groups is 1. The van der Waals surface area contributed by atoms with E-state index in [1.54, 1.807) is 6.92 Å². The van der Waals surface area contributed by atoms with Crippen LogP contribution in [0.25, 0.3) is 0 Å². The van der Waals surface area contributed by atoms with Crippen molar-refractivity contribution in [3.8, 4) is 0 Å². The molecule has 1 aromatic carbocycles. The highest BCUT2D eigenvalue weighted by molar-refractivity contribution is 9.10. The number of hydrogen-bond donors (Lipinski definition) is 1. The average molecular weight is 242 g/mol. The van der Waals surface area contributed by atoms with Crippen molar-refractivity contribution in [2.24, 2.45) is 0 Å². The van der Waals surface area contributed by atoms with Gasteiger partial charge in [0.25, 0.3) is 0 Å². The first kappa shape index (κ1) is 10.3. The van der Waals surface area contributed by atoms with E-state index in [2.05, 4.69) is 21.2 Å². The van der Waals surface area contributed by atoms with Crippen LogP contribution in [0.4, 0.5) is 5.69 Å². The van der Waals surface area contributed by atoms with Crippen LogP contribution in [0.15, 0.2) is 22.7 Å². The first-order chi connectivity index (χ1) is 6.15. The molecule has 1 aromatic rings. The molecule has 0 unspecified atom stereocenters. The molecule has 2 nitrogen and oxygen atoms in total. The highest BCUT2D eigenvalue weighted by atomic mass is 79.9. The highest BCUT2D eigenvalue weighted by Gasteiger charge is 2.06. The van der Waals surface area contributed by atoms with E-state index >= 15 is 0 Å². The number of anilines is 1. The van der Waals surface area contributed by atoms with Gasteiger partial charge in [-0.25, -0.2) is 0 Å². The van der Waals surface area contributed by atoms with Gasteiger partial charge in [-0.1, -0.05) is 15.9 Å². The Morgan fingerprint density at radius 2 is 2.23 bits per heavy atom. The Morgan fingerprint density at radius 3 is 2.77 bits per heavy atom. The normalized spacial score (nSPS) is 9.77. The summed E-state index contributed by atoms with van der Waals surface area (Å²) in [5, 5.41) is 3.14. The number of hydrogen-bond acceptors (Lipinski definition) is 2. The van der Waals surface area contributed by atoms with E-state index < -0.39 is 0 Å². The molecule has 0 aliphatic carbocycles. The molecule has 13 heavy (non-hydrogen) atoms. The standard InChI is InChI=1S/C10H12BrNO/c1-3-12-10-5-4-8(11)6-9(10)7(2)13/h4-6,12H,3H2,1-2H3. The zero-order valence-corrected chi connectivity index (χ0v) is 9.31. The second kappa shape index (κ2) is 4.42. The number of carbonyl (C=O) groups excluding carboxylic acids is 1. The fourth-order valence-electron chi connectivity index (χ4n) is 1.15. The van der Waals surface area contributed by atoms with Crippen molar-refractivity contribution in [3.63, 3.8) is 0 Å². The summed E-state index contributed by atoms with van der Waals surface area (Å²) in [4.78, 5) is 11.2. The predicted molar refractivity (Wildman–Crippen MR) is 58.3 cm³/mol. The van der Waals surface area contributed by atoms with E-state index in [-0.39, 0.29) is 5.78 Å². The minimum atomic E-state index is 0.0808. The Kier molecular flexibility index (Phi) is 3.48. The number of rotatable bonds is 3. The average Bonchev–Trinajstić information content (AvgIpc) is 2.08. The molecule has 0 spiro atoms. The van der Waals surface area contributed by atoms with Crippen LogP contribution in [0.1, 0.15) is 24.2 Å². The molecule has 0 heterocycles. The van der Waals surface area contributed by atoms with Gasteiger partial charge in [-0.3, -0.25) is 4.79 Å². The number of benzene rings is 1. The van der Waals surface area contributed by atoms with Crippen molar-refractivity contribution in [2.45, 2.75) is 13.8 Å². The third-order valence-corrected chi connectivity index (χ3v) is 2.22. The molecule has 0 atom stereocenters. The lowest BCUT2D eigenvalue weighted by molar-refractivity contribution is 0.101. The van der Waals surface area contributed by atoms with Gasteiger partial charge in [0.2, 0.25) is 0 Å². The Bertz CT molecular complexity index is 323. The Hall–Kier alpha value is -0.830. The molecule has 0 saturated carbocycles. The van der Waals surface area contributed by atoms with E-state index in [0.717, 1.165) is 22.3 Å². The van der Waals surface area contributed by atoms with Gasteiger partial charge in [0.1, 0.15) is 0 Å². The van der Waals surface area contributed by atoms with Crippen molar-refractivity contribution in [3.05, 3.63) is 28.2 Å². The molecule has 3 heteroatoms. The molecule has 0 aliphatic rings. The third kappa shape index (κ3) is 2.56. The molecule has 0 bridgehead atoms. The third-order valence-electron chi connectivity index (χ3n) is 1.73. The van der Waals surface area contributed by atoms with Crippen LogP contribution in [-0.4, -0.2) is 12.3 Å². The van der Waals surface area contributed by atoms with E-state index in [1.807, 2.05) is 25.1 Å². The Labute approximate surface area is 86.5 Å². The lowest BCUT2D eigenvalue weighted by Crippen LogP contribution is -2.03. The summed E-state index contributed by atoms with van der Waals surface area (Å²) in [6, 6.07) is 5.66. The summed E-state index contributed by atoms with van der Waals surface area (Å²) < 4.78 is 0.930. The number of halogens is 1. The van der Waals surface area contributed by atoms with Crippen molar-refractivity contribution in [1.29, 1.82) is 0 Å². The van der Waals surface area contributed by atoms with Crippen LogP contribution in [0.5, 0.6) is 0 Å². The molecule has 70 valence electrons. The quantitative estimate of drug-likeness (QED) is 0.825. The minimum absolute atomic E-state index is 0.0808. The van der Waals surface area contributed by atoms with E-state index in [9.17, 15) is 4.79 Å². The van der Waals surface area contributed by atoms with Crippen LogP contribution in [0.2, 0.25) is 0 Å². The van der Waals surface area contributed by atoms with Crippen LogP contribution in [0.3, 0.4) is 0 Å². The molecule has 1 rings (SSSR count). The zero-order valence-electron chi connectivity index (χ0n) is 7.73. The molecular formula is C10H12BrNO. The highest BCUT2D eigenvalue weighted by Crippen LogP contribution is 2.21. The first-order valence-corrected chi connectivity index (χ1v) is 4.98.